The van der Waals surface area contributed by atoms with Crippen molar-refractivity contribution < 1.29 is 9.18 Å². The number of nitrogens with one attached hydrogen (secondary N) is 2. The van der Waals surface area contributed by atoms with Crippen LogP contribution in [-0.4, -0.2) is 20.5 Å². The van der Waals surface area contributed by atoms with Crippen LogP contribution in [0.2, 0.25) is 0 Å². The van der Waals surface area contributed by atoms with Gasteiger partial charge in [0, 0.05) is 18.9 Å². The van der Waals surface area contributed by atoms with Gasteiger partial charge in [0.25, 0.3) is 5.91 Å². The lowest BCUT2D eigenvalue weighted by atomic mass is 10.2. The molecule has 0 unspecified atom stereocenters. The minimum absolute atomic E-state index is 0.224. The molecule has 0 aliphatic rings. The van der Waals surface area contributed by atoms with Crippen LogP contribution in [0.4, 0.5) is 15.8 Å². The number of halogens is 1. The molecule has 1 amide bonds. The van der Waals surface area contributed by atoms with Gasteiger partial charge in [-0.25, -0.2) is 4.39 Å². The van der Waals surface area contributed by atoms with Crippen LogP contribution >= 0.6 is 11.5 Å². The molecule has 0 saturated heterocycles. The van der Waals surface area contributed by atoms with Crippen molar-refractivity contribution >= 4 is 28.8 Å². The number of aromatic nitrogens is 3. The van der Waals surface area contributed by atoms with E-state index in [9.17, 15) is 9.18 Å². The topological polar surface area (TPSA) is 79.8 Å². The van der Waals surface area contributed by atoms with E-state index in [1.54, 1.807) is 24.5 Å². The monoisotopic (exact) mass is 329 g/mol. The molecule has 2 N–H and O–H groups in total. The number of amides is 1. The highest BCUT2D eigenvalue weighted by molar-refractivity contribution is 7.07. The SMILES string of the molecule is O=C(Nc1cccc(F)c1NCc1cccnc1)c1cnns1. The van der Waals surface area contributed by atoms with E-state index >= 15 is 0 Å². The summed E-state index contributed by atoms with van der Waals surface area (Å²) in [6.45, 7) is 0.389. The fraction of sp³-hybridized carbons (Fsp3) is 0.0667. The van der Waals surface area contributed by atoms with Crippen molar-refractivity contribution in [2.75, 3.05) is 10.6 Å². The second-order valence-electron chi connectivity index (χ2n) is 4.61. The molecule has 6 nitrogen and oxygen atoms in total. The first kappa shape index (κ1) is 15.0. The fourth-order valence-electron chi connectivity index (χ4n) is 1.95. The van der Waals surface area contributed by atoms with Gasteiger partial charge < -0.3 is 10.6 Å². The number of anilines is 2. The van der Waals surface area contributed by atoms with Crippen LogP contribution in [0.3, 0.4) is 0 Å². The third-order valence-corrected chi connectivity index (χ3v) is 3.70. The van der Waals surface area contributed by atoms with Crippen molar-refractivity contribution in [1.82, 2.24) is 14.6 Å². The van der Waals surface area contributed by atoms with Crippen LogP contribution in [0, 0.1) is 5.82 Å². The first-order chi connectivity index (χ1) is 11.2. The molecular formula is C15H12FN5OS. The smallest absolute Gasteiger partial charge is 0.269 e. The van der Waals surface area contributed by atoms with E-state index in [1.807, 2.05) is 6.07 Å². The van der Waals surface area contributed by atoms with E-state index in [0.717, 1.165) is 17.1 Å². The second-order valence-corrected chi connectivity index (χ2v) is 5.40. The third-order valence-electron chi connectivity index (χ3n) is 3.04. The number of benzene rings is 1. The van der Waals surface area contributed by atoms with Gasteiger partial charge in [0.2, 0.25) is 0 Å². The number of pyridine rings is 1. The highest BCUT2D eigenvalue weighted by atomic mass is 32.1. The first-order valence-electron chi connectivity index (χ1n) is 6.74. The van der Waals surface area contributed by atoms with Crippen molar-refractivity contribution in [2.45, 2.75) is 6.54 Å². The second kappa shape index (κ2) is 6.93. The Kier molecular flexibility index (Phi) is 4.53. The Labute approximate surface area is 135 Å². The number of rotatable bonds is 5. The maximum Gasteiger partial charge on any atom is 0.269 e. The van der Waals surface area contributed by atoms with E-state index in [-0.39, 0.29) is 11.6 Å². The molecule has 0 aliphatic heterocycles. The number of carbonyl (C=O) groups is 1. The average molecular weight is 329 g/mol. The maximum absolute atomic E-state index is 14.1. The number of hydrogen-bond donors (Lipinski definition) is 2. The van der Waals surface area contributed by atoms with Gasteiger partial charge in [0.15, 0.2) is 0 Å². The summed E-state index contributed by atoms with van der Waals surface area (Å²) in [6.07, 6.45) is 4.72. The molecule has 0 bridgehead atoms. The third kappa shape index (κ3) is 3.67. The molecule has 1 aromatic carbocycles. The van der Waals surface area contributed by atoms with Gasteiger partial charge in [0.05, 0.1) is 17.6 Å². The first-order valence-corrected chi connectivity index (χ1v) is 7.51. The fourth-order valence-corrected chi connectivity index (χ4v) is 2.36. The predicted octanol–water partition coefficient (Wildman–Crippen LogP) is 2.94. The summed E-state index contributed by atoms with van der Waals surface area (Å²) in [5, 5.41) is 9.27. The van der Waals surface area contributed by atoms with Crippen molar-refractivity contribution in [3.05, 3.63) is 65.2 Å². The number of nitrogens with zero attached hydrogens (tertiary/aromatic N) is 3. The van der Waals surface area contributed by atoms with E-state index in [1.165, 1.54) is 18.3 Å². The lowest BCUT2D eigenvalue weighted by Gasteiger charge is -2.13. The molecule has 0 spiro atoms. The molecule has 0 saturated carbocycles. The lowest BCUT2D eigenvalue weighted by Crippen LogP contribution is -2.13. The average Bonchev–Trinajstić information content (AvgIpc) is 3.10. The van der Waals surface area contributed by atoms with Gasteiger partial charge in [-0.15, -0.1) is 5.10 Å². The zero-order chi connectivity index (χ0) is 16.1. The molecule has 23 heavy (non-hydrogen) atoms. The van der Waals surface area contributed by atoms with E-state index in [4.69, 9.17) is 0 Å². The van der Waals surface area contributed by atoms with Crippen molar-refractivity contribution in [3.63, 3.8) is 0 Å². The Balaban J connectivity index is 1.78. The molecule has 8 heteroatoms. The Morgan fingerprint density at radius 2 is 2.13 bits per heavy atom. The Bertz CT molecular complexity index is 795. The van der Waals surface area contributed by atoms with Crippen molar-refractivity contribution in [2.24, 2.45) is 0 Å². The summed E-state index contributed by atoms with van der Waals surface area (Å²) in [7, 11) is 0. The highest BCUT2D eigenvalue weighted by Gasteiger charge is 2.14. The summed E-state index contributed by atoms with van der Waals surface area (Å²) in [5.74, 6) is -0.829. The van der Waals surface area contributed by atoms with Crippen LogP contribution < -0.4 is 10.6 Å². The van der Waals surface area contributed by atoms with Gasteiger partial charge in [-0.1, -0.05) is 16.6 Å². The van der Waals surface area contributed by atoms with Crippen LogP contribution in [0.1, 0.15) is 15.2 Å². The lowest BCUT2D eigenvalue weighted by molar-refractivity contribution is 0.103. The number of carbonyl (C=O) groups excluding carboxylic acids is 1. The summed E-state index contributed by atoms with van der Waals surface area (Å²) >= 11 is 0.975. The van der Waals surface area contributed by atoms with Crippen LogP contribution in [-0.2, 0) is 6.54 Å². The van der Waals surface area contributed by atoms with Gasteiger partial charge in [0.1, 0.15) is 10.7 Å². The number of hydrogen-bond acceptors (Lipinski definition) is 6. The molecule has 3 aromatic rings. The van der Waals surface area contributed by atoms with E-state index < -0.39 is 5.82 Å². The Morgan fingerprint density at radius 1 is 1.22 bits per heavy atom. The minimum Gasteiger partial charge on any atom is -0.377 e. The largest absolute Gasteiger partial charge is 0.377 e. The molecule has 116 valence electrons. The zero-order valence-corrected chi connectivity index (χ0v) is 12.7. The summed E-state index contributed by atoms with van der Waals surface area (Å²) in [5.41, 5.74) is 1.48. The highest BCUT2D eigenvalue weighted by Crippen LogP contribution is 2.26. The summed E-state index contributed by atoms with van der Waals surface area (Å²) in [4.78, 5) is 16.4. The number of para-hydroxylation sites is 1. The molecule has 0 atom stereocenters. The van der Waals surface area contributed by atoms with E-state index in [2.05, 4.69) is 25.2 Å². The van der Waals surface area contributed by atoms with Gasteiger partial charge in [-0.2, -0.15) is 0 Å². The predicted molar refractivity (Wildman–Crippen MR) is 85.8 cm³/mol. The maximum atomic E-state index is 14.1. The molecule has 0 fully saturated rings. The molecular weight excluding hydrogens is 317 g/mol. The van der Waals surface area contributed by atoms with Crippen LogP contribution in [0.25, 0.3) is 0 Å². The summed E-state index contributed by atoms with van der Waals surface area (Å²) < 4.78 is 17.7. The van der Waals surface area contributed by atoms with Crippen molar-refractivity contribution in [1.29, 1.82) is 0 Å². The van der Waals surface area contributed by atoms with Gasteiger partial charge >= 0.3 is 0 Å². The van der Waals surface area contributed by atoms with Crippen LogP contribution in [0.15, 0.2) is 48.9 Å². The zero-order valence-electron chi connectivity index (χ0n) is 11.9. The molecule has 2 heterocycles. The van der Waals surface area contributed by atoms with Crippen molar-refractivity contribution in [3.8, 4) is 0 Å². The van der Waals surface area contributed by atoms with E-state index in [0.29, 0.717) is 17.1 Å². The normalized spacial score (nSPS) is 10.3. The van der Waals surface area contributed by atoms with Gasteiger partial charge in [-0.05, 0) is 35.3 Å². The molecule has 2 aromatic heterocycles. The molecule has 0 radical (unpaired) electrons. The Hall–Kier alpha value is -2.87. The summed E-state index contributed by atoms with van der Waals surface area (Å²) in [6, 6.07) is 8.17. The molecule has 3 rings (SSSR count). The Morgan fingerprint density at radius 3 is 2.87 bits per heavy atom. The van der Waals surface area contributed by atoms with Crippen LogP contribution in [0.5, 0.6) is 0 Å². The minimum atomic E-state index is -0.450. The quantitative estimate of drug-likeness (QED) is 0.752. The molecule has 0 aliphatic carbocycles. The van der Waals surface area contributed by atoms with Gasteiger partial charge in [-0.3, -0.25) is 9.78 Å². The standard InChI is InChI=1S/C15H12FN5OS/c16-11-4-1-5-12(20-15(22)13-9-19-21-23-13)14(11)18-8-10-3-2-6-17-7-10/h1-7,9,18H,8H2,(H,20,22).